The van der Waals surface area contributed by atoms with Crippen LogP contribution in [-0.4, -0.2) is 11.5 Å². The molecular formula is C16H11FOS. The molecule has 0 N–H and O–H groups in total. The summed E-state index contributed by atoms with van der Waals surface area (Å²) in [5.74, 6) is 0.286. The van der Waals surface area contributed by atoms with Crippen LogP contribution in [0.4, 0.5) is 4.39 Å². The molecule has 0 radical (unpaired) electrons. The monoisotopic (exact) mass is 270 g/mol. The van der Waals surface area contributed by atoms with Crippen LogP contribution in [0.1, 0.15) is 15.9 Å². The number of halogens is 1. The minimum Gasteiger partial charge on any atom is -0.289 e. The van der Waals surface area contributed by atoms with Crippen LogP contribution >= 0.6 is 11.8 Å². The van der Waals surface area contributed by atoms with Crippen molar-refractivity contribution in [3.63, 3.8) is 0 Å². The molecule has 2 aromatic carbocycles. The van der Waals surface area contributed by atoms with Gasteiger partial charge >= 0.3 is 0 Å². The Bertz CT molecular complexity index is 676. The van der Waals surface area contributed by atoms with Crippen LogP contribution in [0.25, 0.3) is 6.08 Å². The van der Waals surface area contributed by atoms with Gasteiger partial charge in [-0.05, 0) is 24.3 Å². The van der Waals surface area contributed by atoms with Gasteiger partial charge < -0.3 is 0 Å². The molecule has 1 aliphatic heterocycles. The highest BCUT2D eigenvalue weighted by Gasteiger charge is 2.21. The van der Waals surface area contributed by atoms with Crippen LogP contribution in [0.15, 0.2) is 59.0 Å². The average molecular weight is 270 g/mol. The van der Waals surface area contributed by atoms with Crippen molar-refractivity contribution in [2.45, 2.75) is 4.90 Å². The first kappa shape index (κ1) is 12.2. The van der Waals surface area contributed by atoms with E-state index in [-0.39, 0.29) is 11.6 Å². The molecule has 0 saturated carbocycles. The second kappa shape index (κ2) is 5.02. The lowest BCUT2D eigenvalue weighted by Crippen LogP contribution is -2.12. The lowest BCUT2D eigenvalue weighted by Gasteiger charge is -2.16. The fourth-order valence-corrected chi connectivity index (χ4v) is 3.08. The number of hydrogen-bond donors (Lipinski definition) is 0. The van der Waals surface area contributed by atoms with Crippen molar-refractivity contribution in [1.82, 2.24) is 0 Å². The van der Waals surface area contributed by atoms with Crippen molar-refractivity contribution >= 4 is 23.6 Å². The molecule has 1 heterocycles. The second-order valence-corrected chi connectivity index (χ2v) is 5.32. The summed E-state index contributed by atoms with van der Waals surface area (Å²) in [4.78, 5) is 13.3. The maximum atomic E-state index is 13.6. The number of ketones is 1. The Labute approximate surface area is 115 Å². The van der Waals surface area contributed by atoms with E-state index in [1.54, 1.807) is 36.0 Å². The highest BCUT2D eigenvalue weighted by molar-refractivity contribution is 7.99. The Morgan fingerprint density at radius 3 is 2.63 bits per heavy atom. The SMILES string of the molecule is O=C1C(=Cc2ccccc2F)CSc2ccccc21. The number of fused-ring (bicyclic) bond motifs is 1. The molecule has 0 unspecified atom stereocenters. The fourth-order valence-electron chi connectivity index (χ4n) is 2.06. The number of carbonyl (C=O) groups excluding carboxylic acids is 1. The van der Waals surface area contributed by atoms with Crippen LogP contribution in [0.5, 0.6) is 0 Å². The van der Waals surface area contributed by atoms with Crippen LogP contribution in [0.3, 0.4) is 0 Å². The lowest BCUT2D eigenvalue weighted by atomic mass is 10.0. The van der Waals surface area contributed by atoms with Gasteiger partial charge in [0.15, 0.2) is 5.78 Å². The van der Waals surface area contributed by atoms with E-state index in [0.717, 1.165) is 4.90 Å². The standard InChI is InChI=1S/C16H11FOS/c17-14-7-3-1-5-11(14)9-12-10-19-15-8-4-2-6-13(15)16(12)18/h1-9H,10H2. The van der Waals surface area contributed by atoms with E-state index in [4.69, 9.17) is 0 Å². The highest BCUT2D eigenvalue weighted by Crippen LogP contribution is 2.33. The zero-order valence-electron chi connectivity index (χ0n) is 10.1. The van der Waals surface area contributed by atoms with E-state index in [0.29, 0.717) is 22.5 Å². The third kappa shape index (κ3) is 2.34. The molecule has 0 aromatic heterocycles. The summed E-state index contributed by atoms with van der Waals surface area (Å²) in [6, 6.07) is 14.0. The summed E-state index contributed by atoms with van der Waals surface area (Å²) < 4.78 is 13.6. The van der Waals surface area contributed by atoms with Crippen LogP contribution in [-0.2, 0) is 0 Å². The molecule has 0 saturated heterocycles. The zero-order valence-corrected chi connectivity index (χ0v) is 10.9. The molecule has 3 heteroatoms. The number of hydrogen-bond acceptors (Lipinski definition) is 2. The number of rotatable bonds is 1. The summed E-state index contributed by atoms with van der Waals surface area (Å²) in [6.45, 7) is 0. The van der Waals surface area contributed by atoms with Crippen molar-refractivity contribution in [3.8, 4) is 0 Å². The van der Waals surface area contributed by atoms with Gasteiger partial charge in [0.25, 0.3) is 0 Å². The quantitative estimate of drug-likeness (QED) is 0.722. The Balaban J connectivity index is 2.01. The Hall–Kier alpha value is -1.87. The maximum Gasteiger partial charge on any atom is 0.191 e. The molecule has 0 atom stereocenters. The molecule has 3 rings (SSSR count). The molecule has 0 amide bonds. The third-order valence-corrected chi connectivity index (χ3v) is 4.16. The number of carbonyl (C=O) groups is 1. The number of Topliss-reactive ketones (excluding diaryl/α,β-unsaturated/α-hetero) is 1. The van der Waals surface area contributed by atoms with Crippen LogP contribution < -0.4 is 0 Å². The summed E-state index contributed by atoms with van der Waals surface area (Å²) in [7, 11) is 0. The van der Waals surface area contributed by atoms with Gasteiger partial charge in [0, 0.05) is 27.3 Å². The number of benzene rings is 2. The summed E-state index contributed by atoms with van der Waals surface area (Å²) in [6.07, 6.45) is 1.65. The molecule has 0 spiro atoms. The van der Waals surface area contributed by atoms with Crippen molar-refractivity contribution in [2.75, 3.05) is 5.75 Å². The first-order chi connectivity index (χ1) is 9.25. The average Bonchev–Trinajstić information content (AvgIpc) is 2.44. The number of thioether (sulfide) groups is 1. The topological polar surface area (TPSA) is 17.1 Å². The molecule has 0 fully saturated rings. The molecule has 94 valence electrons. The van der Waals surface area contributed by atoms with Gasteiger partial charge in [-0.3, -0.25) is 4.79 Å². The van der Waals surface area contributed by atoms with Gasteiger partial charge in [-0.2, -0.15) is 0 Å². The summed E-state index contributed by atoms with van der Waals surface area (Å²) in [5, 5.41) is 0. The largest absolute Gasteiger partial charge is 0.289 e. The lowest BCUT2D eigenvalue weighted by molar-refractivity contribution is 0.103. The smallest absolute Gasteiger partial charge is 0.191 e. The Morgan fingerprint density at radius 1 is 1.05 bits per heavy atom. The molecule has 1 aliphatic rings. The predicted octanol–water partition coefficient (Wildman–Crippen LogP) is 4.20. The molecule has 0 aliphatic carbocycles. The Kier molecular flexibility index (Phi) is 3.22. The molecule has 0 bridgehead atoms. The first-order valence-corrected chi connectivity index (χ1v) is 6.96. The van der Waals surface area contributed by atoms with Gasteiger partial charge in [-0.15, -0.1) is 11.8 Å². The van der Waals surface area contributed by atoms with E-state index < -0.39 is 0 Å². The van der Waals surface area contributed by atoms with Gasteiger partial charge in [-0.25, -0.2) is 4.39 Å². The first-order valence-electron chi connectivity index (χ1n) is 5.97. The fraction of sp³-hybridized carbons (Fsp3) is 0.0625. The highest BCUT2D eigenvalue weighted by atomic mass is 32.2. The summed E-state index contributed by atoms with van der Waals surface area (Å²) >= 11 is 1.61. The molecule has 2 aromatic rings. The normalized spacial score (nSPS) is 16.5. The van der Waals surface area contributed by atoms with E-state index in [1.807, 2.05) is 24.3 Å². The van der Waals surface area contributed by atoms with Crippen molar-refractivity contribution < 1.29 is 9.18 Å². The Morgan fingerprint density at radius 2 is 1.79 bits per heavy atom. The van der Waals surface area contributed by atoms with Crippen LogP contribution in [0, 0.1) is 5.82 Å². The van der Waals surface area contributed by atoms with Gasteiger partial charge in [-0.1, -0.05) is 30.3 Å². The van der Waals surface area contributed by atoms with E-state index >= 15 is 0 Å². The van der Waals surface area contributed by atoms with Crippen molar-refractivity contribution in [3.05, 3.63) is 71.0 Å². The van der Waals surface area contributed by atoms with Crippen molar-refractivity contribution in [1.29, 1.82) is 0 Å². The van der Waals surface area contributed by atoms with Gasteiger partial charge in [0.2, 0.25) is 0 Å². The zero-order chi connectivity index (χ0) is 13.2. The summed E-state index contributed by atoms with van der Waals surface area (Å²) in [5.41, 5.74) is 1.82. The van der Waals surface area contributed by atoms with E-state index in [1.165, 1.54) is 6.07 Å². The minimum absolute atomic E-state index is 0.00222. The van der Waals surface area contributed by atoms with E-state index in [2.05, 4.69) is 0 Å². The molecular weight excluding hydrogens is 259 g/mol. The maximum absolute atomic E-state index is 13.6. The molecule has 19 heavy (non-hydrogen) atoms. The third-order valence-electron chi connectivity index (χ3n) is 3.04. The second-order valence-electron chi connectivity index (χ2n) is 4.31. The minimum atomic E-state index is -0.299. The van der Waals surface area contributed by atoms with Gasteiger partial charge in [0.05, 0.1) is 0 Å². The van der Waals surface area contributed by atoms with Crippen molar-refractivity contribution in [2.24, 2.45) is 0 Å². The predicted molar refractivity (Wildman–Crippen MR) is 75.9 cm³/mol. The van der Waals surface area contributed by atoms with Crippen LogP contribution in [0.2, 0.25) is 0 Å². The molecule has 1 nitrogen and oxygen atoms in total. The van der Waals surface area contributed by atoms with E-state index in [9.17, 15) is 9.18 Å². The van der Waals surface area contributed by atoms with Gasteiger partial charge in [0.1, 0.15) is 5.82 Å².